The molecule has 2 aromatic rings. The fourth-order valence-corrected chi connectivity index (χ4v) is 2.92. The molecular formula is C15H20N4O2S. The summed E-state index contributed by atoms with van der Waals surface area (Å²) in [5.41, 5.74) is 1.38. The zero-order valence-electron chi connectivity index (χ0n) is 13.4. The number of aryl methyl sites for hydroxylation is 1. The van der Waals surface area contributed by atoms with E-state index >= 15 is 0 Å². The van der Waals surface area contributed by atoms with E-state index in [1.54, 1.807) is 19.4 Å². The van der Waals surface area contributed by atoms with E-state index in [2.05, 4.69) is 15.3 Å². The molecule has 2 heterocycles. The summed E-state index contributed by atoms with van der Waals surface area (Å²) in [6.45, 7) is 3.73. The molecule has 0 radical (unpaired) electrons. The van der Waals surface area contributed by atoms with Gasteiger partial charge in [-0.05, 0) is 26.0 Å². The van der Waals surface area contributed by atoms with E-state index in [0.29, 0.717) is 22.1 Å². The van der Waals surface area contributed by atoms with Crippen LogP contribution < -0.4 is 10.2 Å². The van der Waals surface area contributed by atoms with Crippen LogP contribution in [-0.2, 0) is 4.74 Å². The van der Waals surface area contributed by atoms with Gasteiger partial charge >= 0.3 is 0 Å². The molecule has 0 spiro atoms. The van der Waals surface area contributed by atoms with Gasteiger partial charge in [0.15, 0.2) is 5.82 Å². The van der Waals surface area contributed by atoms with Crippen LogP contribution in [0.15, 0.2) is 18.3 Å². The van der Waals surface area contributed by atoms with Gasteiger partial charge in [0.05, 0.1) is 11.4 Å². The first-order valence-corrected chi connectivity index (χ1v) is 7.69. The quantitative estimate of drug-likeness (QED) is 0.917. The second-order valence-electron chi connectivity index (χ2n) is 5.07. The van der Waals surface area contributed by atoms with Gasteiger partial charge in [0.2, 0.25) is 0 Å². The third-order valence-corrected chi connectivity index (χ3v) is 4.50. The number of carbonyl (C=O) groups is 1. The predicted molar refractivity (Wildman–Crippen MR) is 88.8 cm³/mol. The number of ether oxygens (including phenoxy) is 1. The highest BCUT2D eigenvalue weighted by Crippen LogP contribution is 2.27. The van der Waals surface area contributed by atoms with Crippen LogP contribution in [0.2, 0.25) is 0 Å². The Morgan fingerprint density at radius 3 is 2.82 bits per heavy atom. The molecule has 1 atom stereocenters. The number of carbonyl (C=O) groups excluding carboxylic acids is 1. The summed E-state index contributed by atoms with van der Waals surface area (Å²) in [6, 6.07) is 3.62. The Labute approximate surface area is 134 Å². The average Bonchev–Trinajstić information content (AvgIpc) is 2.88. The Kier molecular flexibility index (Phi) is 5.10. The van der Waals surface area contributed by atoms with Gasteiger partial charge in [-0.2, -0.15) is 0 Å². The van der Waals surface area contributed by atoms with Gasteiger partial charge in [-0.15, -0.1) is 11.3 Å². The number of thiazole rings is 1. The number of hydrogen-bond acceptors (Lipinski definition) is 6. The molecule has 0 aliphatic carbocycles. The van der Waals surface area contributed by atoms with Crippen LogP contribution >= 0.6 is 11.3 Å². The lowest BCUT2D eigenvalue weighted by atomic mass is 10.3. The minimum absolute atomic E-state index is 0.124. The SMILES string of the molecule is CO[C@H](C)c1nc(C)c(C(=O)Nc2cccnc2N(C)C)s1. The van der Waals surface area contributed by atoms with Crippen molar-refractivity contribution in [1.29, 1.82) is 0 Å². The van der Waals surface area contributed by atoms with Crippen LogP contribution in [0.3, 0.4) is 0 Å². The molecule has 0 saturated carbocycles. The molecule has 2 rings (SSSR count). The van der Waals surface area contributed by atoms with Crippen LogP contribution in [0.5, 0.6) is 0 Å². The molecule has 2 aromatic heterocycles. The molecule has 0 bridgehead atoms. The first-order chi connectivity index (χ1) is 10.4. The lowest BCUT2D eigenvalue weighted by Gasteiger charge is -2.15. The molecule has 0 aliphatic rings. The largest absolute Gasteiger partial charge is 0.375 e. The minimum Gasteiger partial charge on any atom is -0.375 e. The van der Waals surface area contributed by atoms with E-state index in [1.807, 2.05) is 38.9 Å². The van der Waals surface area contributed by atoms with Gasteiger partial charge in [0, 0.05) is 27.4 Å². The lowest BCUT2D eigenvalue weighted by Crippen LogP contribution is -2.17. The molecule has 0 aromatic carbocycles. The van der Waals surface area contributed by atoms with E-state index < -0.39 is 0 Å². The van der Waals surface area contributed by atoms with Crippen LogP contribution in [0, 0.1) is 6.92 Å². The predicted octanol–water partition coefficient (Wildman–Crippen LogP) is 2.87. The lowest BCUT2D eigenvalue weighted by molar-refractivity contribution is 0.103. The molecule has 6 nitrogen and oxygen atoms in total. The number of methoxy groups -OCH3 is 1. The highest BCUT2D eigenvalue weighted by Gasteiger charge is 2.19. The zero-order valence-corrected chi connectivity index (χ0v) is 14.2. The number of hydrogen-bond donors (Lipinski definition) is 1. The Morgan fingerprint density at radius 1 is 1.45 bits per heavy atom. The molecule has 1 N–H and O–H groups in total. The standard InChI is InChI=1S/C15H20N4O2S/c1-9-12(22-15(17-9)10(2)21-5)14(20)18-11-7-6-8-16-13(11)19(3)4/h6-8,10H,1-5H3,(H,18,20)/t10-/m1/s1. The summed E-state index contributed by atoms with van der Waals surface area (Å²) in [6.07, 6.45) is 1.57. The smallest absolute Gasteiger partial charge is 0.267 e. The van der Waals surface area contributed by atoms with Gasteiger partial charge in [-0.25, -0.2) is 9.97 Å². The fraction of sp³-hybridized carbons (Fsp3) is 0.400. The van der Waals surface area contributed by atoms with E-state index in [1.165, 1.54) is 11.3 Å². The average molecular weight is 320 g/mol. The molecule has 0 aliphatic heterocycles. The van der Waals surface area contributed by atoms with Gasteiger partial charge in [-0.3, -0.25) is 4.79 Å². The van der Waals surface area contributed by atoms with Gasteiger partial charge < -0.3 is 15.0 Å². The topological polar surface area (TPSA) is 67.3 Å². The maximum Gasteiger partial charge on any atom is 0.267 e. The molecule has 0 saturated heterocycles. The number of pyridine rings is 1. The van der Waals surface area contributed by atoms with E-state index in [4.69, 9.17) is 4.74 Å². The first-order valence-electron chi connectivity index (χ1n) is 6.87. The normalized spacial score (nSPS) is 12.0. The van der Waals surface area contributed by atoms with Crippen molar-refractivity contribution >= 4 is 28.7 Å². The third kappa shape index (κ3) is 3.42. The van der Waals surface area contributed by atoms with Crippen molar-refractivity contribution in [1.82, 2.24) is 9.97 Å². The maximum atomic E-state index is 12.5. The molecule has 22 heavy (non-hydrogen) atoms. The highest BCUT2D eigenvalue weighted by atomic mass is 32.1. The number of anilines is 2. The second kappa shape index (κ2) is 6.85. The Bertz CT molecular complexity index is 669. The Morgan fingerprint density at radius 2 is 2.18 bits per heavy atom. The van der Waals surface area contributed by atoms with Crippen molar-refractivity contribution in [3.63, 3.8) is 0 Å². The molecule has 0 fully saturated rings. The summed E-state index contributed by atoms with van der Waals surface area (Å²) in [4.78, 5) is 23.6. The van der Waals surface area contributed by atoms with Gasteiger partial charge in [0.1, 0.15) is 16.0 Å². The van der Waals surface area contributed by atoms with Crippen molar-refractivity contribution < 1.29 is 9.53 Å². The van der Waals surface area contributed by atoms with Crippen LogP contribution in [-0.4, -0.2) is 37.1 Å². The van der Waals surface area contributed by atoms with Crippen LogP contribution in [0.25, 0.3) is 0 Å². The summed E-state index contributed by atoms with van der Waals surface area (Å²) in [5, 5.41) is 3.70. The number of nitrogens with one attached hydrogen (secondary N) is 1. The first kappa shape index (κ1) is 16.4. The fourth-order valence-electron chi connectivity index (χ4n) is 1.93. The third-order valence-electron chi connectivity index (χ3n) is 3.18. The highest BCUT2D eigenvalue weighted by molar-refractivity contribution is 7.14. The maximum absolute atomic E-state index is 12.5. The Balaban J connectivity index is 2.25. The minimum atomic E-state index is -0.180. The van der Waals surface area contributed by atoms with Crippen LogP contribution in [0.1, 0.15) is 33.4 Å². The van der Waals surface area contributed by atoms with Crippen molar-refractivity contribution in [3.05, 3.63) is 33.9 Å². The van der Waals surface area contributed by atoms with Crippen molar-refractivity contribution in [2.45, 2.75) is 20.0 Å². The number of aromatic nitrogens is 2. The molecule has 118 valence electrons. The number of amides is 1. The second-order valence-corrected chi connectivity index (χ2v) is 6.10. The monoisotopic (exact) mass is 320 g/mol. The molecular weight excluding hydrogens is 300 g/mol. The van der Waals surface area contributed by atoms with Crippen LogP contribution in [0.4, 0.5) is 11.5 Å². The summed E-state index contributed by atoms with van der Waals surface area (Å²) < 4.78 is 5.25. The number of rotatable bonds is 5. The Hall–Kier alpha value is -1.99. The summed E-state index contributed by atoms with van der Waals surface area (Å²) in [7, 11) is 5.39. The van der Waals surface area contributed by atoms with E-state index in [9.17, 15) is 4.79 Å². The zero-order chi connectivity index (χ0) is 16.3. The summed E-state index contributed by atoms with van der Waals surface area (Å²) in [5.74, 6) is 0.532. The van der Waals surface area contributed by atoms with Gasteiger partial charge in [-0.1, -0.05) is 0 Å². The van der Waals surface area contributed by atoms with Crippen molar-refractivity contribution in [2.75, 3.05) is 31.4 Å². The van der Waals surface area contributed by atoms with E-state index in [-0.39, 0.29) is 12.0 Å². The summed E-state index contributed by atoms with van der Waals surface area (Å²) >= 11 is 1.35. The molecule has 1 amide bonds. The van der Waals surface area contributed by atoms with Gasteiger partial charge in [0.25, 0.3) is 5.91 Å². The molecule has 0 unspecified atom stereocenters. The number of nitrogens with zero attached hydrogens (tertiary/aromatic N) is 3. The van der Waals surface area contributed by atoms with E-state index in [0.717, 1.165) is 5.01 Å². The van der Waals surface area contributed by atoms with Crippen molar-refractivity contribution in [2.24, 2.45) is 0 Å². The van der Waals surface area contributed by atoms with Crippen molar-refractivity contribution in [3.8, 4) is 0 Å². The molecule has 7 heteroatoms.